The van der Waals surface area contributed by atoms with Gasteiger partial charge in [-0.2, -0.15) is 13.2 Å². The van der Waals surface area contributed by atoms with Gasteiger partial charge in [-0.25, -0.2) is 4.79 Å². The Labute approximate surface area is 154 Å². The third-order valence-corrected chi connectivity index (χ3v) is 4.59. The predicted molar refractivity (Wildman–Crippen MR) is 92.5 cm³/mol. The number of carboxylic acid groups (broad SMARTS) is 1. The first-order chi connectivity index (χ1) is 12.8. The number of rotatable bonds is 4. The maximum atomic E-state index is 13.4. The number of halogens is 3. The molecule has 0 saturated heterocycles. The Hall–Kier alpha value is -2.77. The summed E-state index contributed by atoms with van der Waals surface area (Å²) in [7, 11) is 0. The number of hydrogen-bond donors (Lipinski definition) is 2. The summed E-state index contributed by atoms with van der Waals surface area (Å²) in [4.78, 5) is 14.5. The van der Waals surface area contributed by atoms with Crippen molar-refractivity contribution in [2.24, 2.45) is 0 Å². The van der Waals surface area contributed by atoms with Gasteiger partial charge in [0.1, 0.15) is 5.75 Å². The second kappa shape index (κ2) is 7.85. The van der Waals surface area contributed by atoms with Gasteiger partial charge >= 0.3 is 12.3 Å². The maximum Gasteiger partial charge on any atom is 0.417 e. The number of nitrogens with zero attached hydrogens (tertiary/aromatic N) is 1. The summed E-state index contributed by atoms with van der Waals surface area (Å²) in [5.74, 6) is 0.365. The number of alkyl halides is 3. The van der Waals surface area contributed by atoms with Crippen LogP contribution in [-0.4, -0.2) is 28.3 Å². The highest BCUT2D eigenvalue weighted by molar-refractivity contribution is 5.69. The standard InChI is InChI=1S/C19H19F3N2O3/c20-19(21,22)17-6-5-15(11-16(17)12-7-9-23-10-8-12)27-14-3-1-13(2-4-14)24-18(25)26/h5-11,13-14,24H,1-4H2,(H,25,26). The van der Waals surface area contributed by atoms with E-state index in [4.69, 9.17) is 9.84 Å². The summed E-state index contributed by atoms with van der Waals surface area (Å²) >= 11 is 0. The van der Waals surface area contributed by atoms with E-state index in [9.17, 15) is 18.0 Å². The van der Waals surface area contributed by atoms with Crippen LogP contribution in [0.3, 0.4) is 0 Å². The van der Waals surface area contributed by atoms with Gasteiger partial charge < -0.3 is 15.2 Å². The molecular weight excluding hydrogens is 361 g/mol. The van der Waals surface area contributed by atoms with E-state index in [2.05, 4.69) is 10.3 Å². The minimum absolute atomic E-state index is 0.0450. The van der Waals surface area contributed by atoms with Gasteiger partial charge in [0.25, 0.3) is 0 Å². The molecule has 0 atom stereocenters. The van der Waals surface area contributed by atoms with Gasteiger partial charge in [-0.1, -0.05) is 0 Å². The topological polar surface area (TPSA) is 71.5 Å². The lowest BCUT2D eigenvalue weighted by molar-refractivity contribution is -0.137. The van der Waals surface area contributed by atoms with Gasteiger partial charge in [-0.3, -0.25) is 4.98 Å². The first-order valence-corrected chi connectivity index (χ1v) is 8.60. The van der Waals surface area contributed by atoms with Crippen molar-refractivity contribution in [3.05, 3.63) is 48.3 Å². The number of pyridine rings is 1. The normalized spacial score (nSPS) is 20.1. The van der Waals surface area contributed by atoms with Crippen LogP contribution in [0.15, 0.2) is 42.7 Å². The lowest BCUT2D eigenvalue weighted by atomic mass is 9.93. The SMILES string of the molecule is O=C(O)NC1CCC(Oc2ccc(C(F)(F)F)c(-c3ccncc3)c2)CC1. The molecule has 1 amide bonds. The molecule has 1 heterocycles. The molecule has 3 rings (SSSR count). The molecule has 8 heteroatoms. The number of amides is 1. The lowest BCUT2D eigenvalue weighted by Crippen LogP contribution is -2.38. The molecule has 0 aliphatic heterocycles. The second-order valence-electron chi connectivity index (χ2n) is 6.48. The van der Waals surface area contributed by atoms with Crippen molar-refractivity contribution in [1.82, 2.24) is 10.3 Å². The summed E-state index contributed by atoms with van der Waals surface area (Å²) in [6.45, 7) is 0. The number of aromatic nitrogens is 1. The van der Waals surface area contributed by atoms with Crippen molar-refractivity contribution in [1.29, 1.82) is 0 Å². The van der Waals surface area contributed by atoms with E-state index in [0.717, 1.165) is 6.07 Å². The third kappa shape index (κ3) is 4.90. The van der Waals surface area contributed by atoms with E-state index in [0.29, 0.717) is 37.0 Å². The fraction of sp³-hybridized carbons (Fsp3) is 0.368. The van der Waals surface area contributed by atoms with E-state index in [1.165, 1.54) is 36.7 Å². The zero-order valence-corrected chi connectivity index (χ0v) is 14.4. The Bertz CT molecular complexity index is 789. The van der Waals surface area contributed by atoms with Crippen LogP contribution >= 0.6 is 0 Å². The molecule has 1 aromatic carbocycles. The molecule has 2 aromatic rings. The van der Waals surface area contributed by atoms with Gasteiger partial charge in [-0.05, 0) is 67.1 Å². The first-order valence-electron chi connectivity index (χ1n) is 8.60. The Morgan fingerprint density at radius 1 is 1.11 bits per heavy atom. The van der Waals surface area contributed by atoms with E-state index < -0.39 is 17.8 Å². The monoisotopic (exact) mass is 380 g/mol. The summed E-state index contributed by atoms with van der Waals surface area (Å²) in [5.41, 5.74) is -0.267. The summed E-state index contributed by atoms with van der Waals surface area (Å²) in [6, 6.07) is 6.70. The quantitative estimate of drug-likeness (QED) is 0.805. The molecule has 1 saturated carbocycles. The van der Waals surface area contributed by atoms with Crippen molar-refractivity contribution >= 4 is 6.09 Å². The zero-order chi connectivity index (χ0) is 19.4. The average molecular weight is 380 g/mol. The summed E-state index contributed by atoms with van der Waals surface area (Å²) in [5, 5.41) is 11.2. The fourth-order valence-electron chi connectivity index (χ4n) is 3.31. The summed E-state index contributed by atoms with van der Waals surface area (Å²) in [6.07, 6.45) is -0.253. The predicted octanol–water partition coefficient (Wildman–Crippen LogP) is 4.73. The minimum atomic E-state index is -4.47. The van der Waals surface area contributed by atoms with Crippen LogP contribution in [0.1, 0.15) is 31.2 Å². The Morgan fingerprint density at radius 2 is 1.78 bits per heavy atom. The number of nitrogens with one attached hydrogen (secondary N) is 1. The minimum Gasteiger partial charge on any atom is -0.490 e. The van der Waals surface area contributed by atoms with E-state index in [1.807, 2.05) is 0 Å². The first kappa shape index (κ1) is 19.0. The number of hydrogen-bond acceptors (Lipinski definition) is 3. The molecule has 1 aromatic heterocycles. The lowest BCUT2D eigenvalue weighted by Gasteiger charge is -2.29. The molecule has 27 heavy (non-hydrogen) atoms. The third-order valence-electron chi connectivity index (χ3n) is 4.59. The molecule has 0 radical (unpaired) electrons. The van der Waals surface area contributed by atoms with Crippen LogP contribution in [0.2, 0.25) is 0 Å². The number of benzene rings is 1. The molecule has 144 valence electrons. The molecule has 0 unspecified atom stereocenters. The largest absolute Gasteiger partial charge is 0.490 e. The van der Waals surface area contributed by atoms with E-state index in [-0.39, 0.29) is 17.7 Å². The smallest absolute Gasteiger partial charge is 0.417 e. The molecule has 1 aliphatic carbocycles. The van der Waals surface area contributed by atoms with Crippen LogP contribution in [0, 0.1) is 0 Å². The molecule has 5 nitrogen and oxygen atoms in total. The highest BCUT2D eigenvalue weighted by atomic mass is 19.4. The molecule has 2 N–H and O–H groups in total. The second-order valence-corrected chi connectivity index (χ2v) is 6.48. The average Bonchev–Trinajstić information content (AvgIpc) is 2.63. The van der Waals surface area contributed by atoms with E-state index >= 15 is 0 Å². The molecular formula is C19H19F3N2O3. The van der Waals surface area contributed by atoms with Crippen molar-refractivity contribution in [3.63, 3.8) is 0 Å². The van der Waals surface area contributed by atoms with Crippen molar-refractivity contribution in [3.8, 4) is 16.9 Å². The maximum absolute atomic E-state index is 13.4. The number of carbonyl (C=O) groups is 1. The van der Waals surface area contributed by atoms with Crippen molar-refractivity contribution < 1.29 is 27.8 Å². The Balaban J connectivity index is 1.77. The van der Waals surface area contributed by atoms with Gasteiger partial charge in [0.05, 0.1) is 11.7 Å². The van der Waals surface area contributed by atoms with Gasteiger partial charge in [0.15, 0.2) is 0 Å². The van der Waals surface area contributed by atoms with Gasteiger partial charge in [0, 0.05) is 18.4 Å². The fourth-order valence-corrected chi connectivity index (χ4v) is 3.31. The molecule has 0 bridgehead atoms. The Kier molecular flexibility index (Phi) is 5.53. The van der Waals surface area contributed by atoms with Gasteiger partial charge in [-0.15, -0.1) is 0 Å². The zero-order valence-electron chi connectivity index (χ0n) is 14.4. The molecule has 1 fully saturated rings. The highest BCUT2D eigenvalue weighted by Gasteiger charge is 2.34. The molecule has 0 spiro atoms. The van der Waals surface area contributed by atoms with Crippen molar-refractivity contribution in [2.75, 3.05) is 0 Å². The molecule has 1 aliphatic rings. The number of ether oxygens (including phenoxy) is 1. The van der Waals surface area contributed by atoms with E-state index in [1.54, 1.807) is 0 Å². The van der Waals surface area contributed by atoms with Crippen LogP contribution < -0.4 is 10.1 Å². The van der Waals surface area contributed by atoms with Gasteiger partial charge in [0.2, 0.25) is 0 Å². The van der Waals surface area contributed by atoms with Crippen molar-refractivity contribution in [2.45, 2.75) is 44.0 Å². The summed E-state index contributed by atoms with van der Waals surface area (Å²) < 4.78 is 46.0. The highest BCUT2D eigenvalue weighted by Crippen LogP contribution is 2.39. The Morgan fingerprint density at radius 3 is 2.37 bits per heavy atom. The van der Waals surface area contributed by atoms with Crippen LogP contribution in [0.5, 0.6) is 5.75 Å². The van der Waals surface area contributed by atoms with Crippen LogP contribution in [-0.2, 0) is 6.18 Å². The van der Waals surface area contributed by atoms with Crippen LogP contribution in [0.25, 0.3) is 11.1 Å². The van der Waals surface area contributed by atoms with Crippen LogP contribution in [0.4, 0.5) is 18.0 Å².